The molecule has 2 aliphatic rings. The van der Waals surface area contributed by atoms with Gasteiger partial charge in [-0.05, 0) is 6.07 Å². The molecule has 0 aliphatic carbocycles. The largest absolute Gasteiger partial charge is 0.480 e. The summed E-state index contributed by atoms with van der Waals surface area (Å²) in [6.07, 6.45) is 0. The van der Waals surface area contributed by atoms with Gasteiger partial charge in [0.15, 0.2) is 0 Å². The lowest BCUT2D eigenvalue weighted by atomic mass is 10.0. The number of nitrogens with zero attached hydrogens (tertiary/aromatic N) is 3. The summed E-state index contributed by atoms with van der Waals surface area (Å²) < 4.78 is 5.40. The van der Waals surface area contributed by atoms with Gasteiger partial charge in [0.2, 0.25) is 0 Å². The second kappa shape index (κ2) is 8.55. The van der Waals surface area contributed by atoms with Crippen molar-refractivity contribution in [1.82, 2.24) is 4.90 Å². The van der Waals surface area contributed by atoms with Crippen molar-refractivity contribution in [3.63, 3.8) is 0 Å². The Bertz CT molecular complexity index is 923. The minimum absolute atomic E-state index is 0.294. The standard InChI is InChI=1S/C22H23N3O4/c26-20(27)15-25-19-9-5-4-8-17(19)21(16-6-2-1-3-7-16)23-18(22(25)28)14-24-10-12-29-13-11-24/h1-9,18H,10-15H2,(H,26,27)/t18-/m1/s1. The molecule has 0 aromatic heterocycles. The summed E-state index contributed by atoms with van der Waals surface area (Å²) in [5.74, 6) is -1.35. The number of anilines is 1. The zero-order valence-electron chi connectivity index (χ0n) is 16.0. The van der Waals surface area contributed by atoms with Crippen LogP contribution in [0, 0.1) is 0 Å². The smallest absolute Gasteiger partial charge is 0.323 e. The Morgan fingerprint density at radius 2 is 1.76 bits per heavy atom. The van der Waals surface area contributed by atoms with Crippen molar-refractivity contribution in [2.75, 3.05) is 44.3 Å². The van der Waals surface area contributed by atoms with Gasteiger partial charge < -0.3 is 9.84 Å². The van der Waals surface area contributed by atoms with Crippen LogP contribution in [0.15, 0.2) is 59.6 Å². The molecule has 0 spiro atoms. The number of morpholine rings is 1. The van der Waals surface area contributed by atoms with E-state index in [2.05, 4.69) is 4.90 Å². The van der Waals surface area contributed by atoms with Gasteiger partial charge in [-0.1, -0.05) is 48.5 Å². The van der Waals surface area contributed by atoms with Gasteiger partial charge in [-0.2, -0.15) is 0 Å². The minimum atomic E-state index is -1.05. The van der Waals surface area contributed by atoms with Crippen molar-refractivity contribution in [2.45, 2.75) is 6.04 Å². The number of benzene rings is 2. The quantitative estimate of drug-likeness (QED) is 0.835. The van der Waals surface area contributed by atoms with E-state index in [1.807, 2.05) is 48.5 Å². The molecule has 0 unspecified atom stereocenters. The monoisotopic (exact) mass is 393 g/mol. The van der Waals surface area contributed by atoms with Gasteiger partial charge in [-0.25, -0.2) is 0 Å². The first-order chi connectivity index (χ1) is 14.1. The molecule has 1 amide bonds. The van der Waals surface area contributed by atoms with Crippen molar-refractivity contribution >= 4 is 23.3 Å². The number of fused-ring (bicyclic) bond motifs is 1. The lowest BCUT2D eigenvalue weighted by molar-refractivity contribution is -0.136. The van der Waals surface area contributed by atoms with Gasteiger partial charge in [0, 0.05) is 30.8 Å². The normalized spacial score (nSPS) is 20.0. The molecule has 0 saturated carbocycles. The highest BCUT2D eigenvalue weighted by Crippen LogP contribution is 2.28. The van der Waals surface area contributed by atoms with Crippen LogP contribution in [0.1, 0.15) is 11.1 Å². The molecule has 7 nitrogen and oxygen atoms in total. The third kappa shape index (κ3) is 4.21. The number of benzodiazepines with no additional fused rings is 1. The number of aliphatic imine (C=N–C) groups is 1. The Balaban J connectivity index is 1.80. The summed E-state index contributed by atoms with van der Waals surface area (Å²) in [5, 5.41) is 9.43. The maximum absolute atomic E-state index is 13.4. The summed E-state index contributed by atoms with van der Waals surface area (Å²) in [4.78, 5) is 33.3. The van der Waals surface area contributed by atoms with E-state index in [0.717, 1.165) is 24.2 Å². The van der Waals surface area contributed by atoms with Crippen LogP contribution in [-0.4, -0.2) is 73.0 Å². The van der Waals surface area contributed by atoms with Gasteiger partial charge in [0.25, 0.3) is 5.91 Å². The van der Waals surface area contributed by atoms with Crippen molar-refractivity contribution in [1.29, 1.82) is 0 Å². The Morgan fingerprint density at radius 1 is 1.07 bits per heavy atom. The zero-order chi connectivity index (χ0) is 20.2. The fourth-order valence-corrected chi connectivity index (χ4v) is 3.76. The molecule has 150 valence electrons. The first-order valence-electron chi connectivity index (χ1n) is 9.69. The number of amides is 1. The second-order valence-corrected chi connectivity index (χ2v) is 7.11. The number of aliphatic carboxylic acids is 1. The lowest BCUT2D eigenvalue weighted by Gasteiger charge is -2.30. The molecule has 2 aromatic rings. The van der Waals surface area contributed by atoms with E-state index >= 15 is 0 Å². The fraction of sp³-hybridized carbons (Fsp3) is 0.318. The van der Waals surface area contributed by atoms with Crippen LogP contribution in [-0.2, 0) is 14.3 Å². The number of ether oxygens (including phenoxy) is 1. The molecule has 0 radical (unpaired) electrons. The highest BCUT2D eigenvalue weighted by molar-refractivity contribution is 6.20. The summed E-state index contributed by atoms with van der Waals surface area (Å²) in [5.41, 5.74) is 2.95. The second-order valence-electron chi connectivity index (χ2n) is 7.11. The van der Waals surface area contributed by atoms with Crippen LogP contribution < -0.4 is 4.90 Å². The Kier molecular flexibility index (Phi) is 5.69. The average Bonchev–Trinajstić information content (AvgIpc) is 2.86. The molecule has 4 rings (SSSR count). The topological polar surface area (TPSA) is 82.4 Å². The molecule has 0 bridgehead atoms. The third-order valence-corrected chi connectivity index (χ3v) is 5.16. The van der Waals surface area contributed by atoms with Crippen molar-refractivity contribution in [3.8, 4) is 0 Å². The molecule has 2 aromatic carbocycles. The van der Waals surface area contributed by atoms with Crippen LogP contribution >= 0.6 is 0 Å². The molecule has 2 aliphatic heterocycles. The number of carboxylic acid groups (broad SMARTS) is 1. The van der Waals surface area contributed by atoms with Crippen LogP contribution in [0.3, 0.4) is 0 Å². The molecular weight excluding hydrogens is 370 g/mol. The van der Waals surface area contributed by atoms with E-state index < -0.39 is 18.6 Å². The number of carbonyl (C=O) groups excluding carboxylic acids is 1. The molecular formula is C22H23N3O4. The molecule has 1 atom stereocenters. The molecule has 1 fully saturated rings. The zero-order valence-corrected chi connectivity index (χ0v) is 16.0. The fourth-order valence-electron chi connectivity index (χ4n) is 3.76. The summed E-state index contributed by atoms with van der Waals surface area (Å²) in [7, 11) is 0. The molecule has 2 heterocycles. The van der Waals surface area contributed by atoms with Crippen LogP contribution in [0.2, 0.25) is 0 Å². The van der Waals surface area contributed by atoms with Gasteiger partial charge in [0.1, 0.15) is 12.6 Å². The van der Waals surface area contributed by atoms with Gasteiger partial charge in [0.05, 0.1) is 24.6 Å². The average molecular weight is 393 g/mol. The lowest BCUT2D eigenvalue weighted by Crippen LogP contribution is -2.48. The van der Waals surface area contributed by atoms with Crippen molar-refractivity contribution in [3.05, 3.63) is 65.7 Å². The summed E-state index contributed by atoms with van der Waals surface area (Å²) in [6, 6.07) is 16.4. The maximum atomic E-state index is 13.4. The predicted molar refractivity (Wildman–Crippen MR) is 110 cm³/mol. The Labute approximate surface area is 169 Å². The first kappa shape index (κ1) is 19.3. The van der Waals surface area contributed by atoms with Crippen molar-refractivity contribution in [2.24, 2.45) is 4.99 Å². The molecule has 1 saturated heterocycles. The number of carbonyl (C=O) groups is 2. The van der Waals surface area contributed by atoms with E-state index in [4.69, 9.17) is 9.73 Å². The number of hydrogen-bond acceptors (Lipinski definition) is 5. The van der Waals surface area contributed by atoms with Gasteiger partial charge in [-0.3, -0.25) is 24.4 Å². The SMILES string of the molecule is O=C(O)CN1C(=O)[C@@H](CN2CCOCC2)N=C(c2ccccc2)c2ccccc21. The van der Waals surface area contributed by atoms with Gasteiger partial charge >= 0.3 is 5.97 Å². The predicted octanol–water partition coefficient (Wildman–Crippen LogP) is 1.66. The molecule has 7 heteroatoms. The van der Waals surface area contributed by atoms with Gasteiger partial charge in [-0.15, -0.1) is 0 Å². The number of carboxylic acids is 1. The molecule has 29 heavy (non-hydrogen) atoms. The highest BCUT2D eigenvalue weighted by Gasteiger charge is 2.34. The van der Waals surface area contributed by atoms with E-state index in [0.29, 0.717) is 31.2 Å². The number of para-hydroxylation sites is 1. The Morgan fingerprint density at radius 3 is 2.48 bits per heavy atom. The van der Waals surface area contributed by atoms with E-state index in [1.165, 1.54) is 4.90 Å². The maximum Gasteiger partial charge on any atom is 0.323 e. The summed E-state index contributed by atoms with van der Waals surface area (Å²) in [6.45, 7) is 2.73. The number of rotatable bonds is 5. The Hall–Kier alpha value is -3.03. The third-order valence-electron chi connectivity index (χ3n) is 5.16. The first-order valence-corrected chi connectivity index (χ1v) is 9.69. The van der Waals surface area contributed by atoms with E-state index in [-0.39, 0.29) is 5.91 Å². The minimum Gasteiger partial charge on any atom is -0.480 e. The van der Waals surface area contributed by atoms with Crippen LogP contribution in [0.25, 0.3) is 0 Å². The molecule has 1 N–H and O–H groups in total. The van der Waals surface area contributed by atoms with E-state index in [1.54, 1.807) is 6.07 Å². The van der Waals surface area contributed by atoms with Crippen LogP contribution in [0.5, 0.6) is 0 Å². The van der Waals surface area contributed by atoms with E-state index in [9.17, 15) is 14.7 Å². The summed E-state index contributed by atoms with van der Waals surface area (Å²) >= 11 is 0. The number of hydrogen-bond donors (Lipinski definition) is 1. The van der Waals surface area contributed by atoms with Crippen molar-refractivity contribution < 1.29 is 19.4 Å². The van der Waals surface area contributed by atoms with Crippen LogP contribution in [0.4, 0.5) is 5.69 Å². The highest BCUT2D eigenvalue weighted by atomic mass is 16.5.